The van der Waals surface area contributed by atoms with E-state index in [-0.39, 0.29) is 29.5 Å². The number of hydrogen-bond acceptors (Lipinski definition) is 3. The molecule has 25 heavy (non-hydrogen) atoms. The molecule has 1 N–H and O–H groups in total. The number of guanidine groups is 1. The number of nitrogens with one attached hydrogen (secondary N) is 1. The summed E-state index contributed by atoms with van der Waals surface area (Å²) in [5.41, 5.74) is 0.535. The lowest BCUT2D eigenvalue weighted by molar-refractivity contribution is 0.102. The fraction of sp³-hybridized carbons (Fsp3) is 0.947. The molecule has 1 spiro atoms. The van der Waals surface area contributed by atoms with Crippen LogP contribution in [0.15, 0.2) is 4.99 Å². The lowest BCUT2D eigenvalue weighted by Gasteiger charge is -2.40. The Morgan fingerprint density at radius 3 is 2.56 bits per heavy atom. The summed E-state index contributed by atoms with van der Waals surface area (Å²) >= 11 is 0. The fourth-order valence-electron chi connectivity index (χ4n) is 4.38. The molecule has 3 rings (SSSR count). The summed E-state index contributed by atoms with van der Waals surface area (Å²) < 4.78 is 5.67. The summed E-state index contributed by atoms with van der Waals surface area (Å²) in [4.78, 5) is 10.1. The van der Waals surface area contributed by atoms with Crippen molar-refractivity contribution in [3.8, 4) is 0 Å². The Hall–Kier alpha value is -0.0800. The molecule has 0 bridgehead atoms. The highest BCUT2D eigenvalue weighted by molar-refractivity contribution is 14.0. The van der Waals surface area contributed by atoms with Crippen LogP contribution >= 0.6 is 24.0 Å². The van der Waals surface area contributed by atoms with Gasteiger partial charge in [0.15, 0.2) is 5.96 Å². The average Bonchev–Trinajstić information content (AvgIpc) is 3.23. The second-order valence-electron chi connectivity index (χ2n) is 8.50. The number of hydrogen-bond donors (Lipinski definition) is 1. The van der Waals surface area contributed by atoms with Gasteiger partial charge in [-0.25, -0.2) is 0 Å². The number of likely N-dealkylation sites (tertiary alicyclic amines) is 2. The maximum Gasteiger partial charge on any atom is 0.194 e. The van der Waals surface area contributed by atoms with Crippen LogP contribution in [0.4, 0.5) is 0 Å². The zero-order valence-electron chi connectivity index (χ0n) is 16.4. The molecule has 5 nitrogen and oxygen atoms in total. The lowest BCUT2D eigenvalue weighted by atomic mass is 9.87. The molecule has 0 aromatic rings. The van der Waals surface area contributed by atoms with Crippen LogP contribution < -0.4 is 5.32 Å². The van der Waals surface area contributed by atoms with E-state index in [2.05, 4.69) is 35.9 Å². The van der Waals surface area contributed by atoms with Gasteiger partial charge in [-0.15, -0.1) is 24.0 Å². The maximum absolute atomic E-state index is 5.67. The summed E-state index contributed by atoms with van der Waals surface area (Å²) in [5, 5.41) is 3.52. The average molecular weight is 464 g/mol. The minimum Gasteiger partial charge on any atom is -0.381 e. The first-order chi connectivity index (χ1) is 11.5. The lowest BCUT2D eigenvalue weighted by Crippen LogP contribution is -2.50. The molecule has 0 amide bonds. The summed E-state index contributed by atoms with van der Waals surface area (Å²) in [7, 11) is 0. The second kappa shape index (κ2) is 9.22. The highest BCUT2D eigenvalue weighted by Gasteiger charge is 2.42. The van der Waals surface area contributed by atoms with Gasteiger partial charge in [0.2, 0.25) is 0 Å². The van der Waals surface area contributed by atoms with E-state index in [1.807, 2.05) is 0 Å². The van der Waals surface area contributed by atoms with Gasteiger partial charge in [0.1, 0.15) is 0 Å². The Labute approximate surface area is 171 Å². The van der Waals surface area contributed by atoms with Crippen molar-refractivity contribution in [2.75, 3.05) is 52.5 Å². The molecular formula is C19H37IN4O. The van der Waals surface area contributed by atoms with Crippen LogP contribution in [0.25, 0.3) is 0 Å². The Balaban J connectivity index is 0.00000225. The maximum atomic E-state index is 5.67. The van der Waals surface area contributed by atoms with Gasteiger partial charge in [-0.2, -0.15) is 0 Å². The summed E-state index contributed by atoms with van der Waals surface area (Å²) in [6, 6.07) is 0. The minimum atomic E-state index is 0. The van der Waals surface area contributed by atoms with Crippen LogP contribution in [0, 0.1) is 5.41 Å². The molecule has 3 saturated heterocycles. The fourth-order valence-corrected chi connectivity index (χ4v) is 4.38. The highest BCUT2D eigenvalue weighted by atomic mass is 127. The van der Waals surface area contributed by atoms with Gasteiger partial charge in [0.25, 0.3) is 0 Å². The Kier molecular flexibility index (Phi) is 7.83. The van der Waals surface area contributed by atoms with Gasteiger partial charge >= 0.3 is 0 Å². The van der Waals surface area contributed by atoms with E-state index in [1.54, 1.807) is 0 Å². The van der Waals surface area contributed by atoms with Gasteiger partial charge in [-0.1, -0.05) is 6.42 Å². The predicted octanol–water partition coefficient (Wildman–Crippen LogP) is 2.95. The van der Waals surface area contributed by atoms with E-state index in [9.17, 15) is 0 Å². The molecule has 3 heterocycles. The topological polar surface area (TPSA) is 40.1 Å². The van der Waals surface area contributed by atoms with E-state index in [1.165, 1.54) is 45.2 Å². The third kappa shape index (κ3) is 5.22. The molecule has 3 fully saturated rings. The van der Waals surface area contributed by atoms with Crippen molar-refractivity contribution >= 4 is 29.9 Å². The summed E-state index contributed by atoms with van der Waals surface area (Å²) in [5.74, 6) is 1.10. The second-order valence-corrected chi connectivity index (χ2v) is 8.50. The van der Waals surface area contributed by atoms with E-state index >= 15 is 0 Å². The van der Waals surface area contributed by atoms with Crippen molar-refractivity contribution in [2.24, 2.45) is 10.4 Å². The quantitative estimate of drug-likeness (QED) is 0.395. The van der Waals surface area contributed by atoms with Crippen LogP contribution in [0.2, 0.25) is 0 Å². The van der Waals surface area contributed by atoms with Crippen molar-refractivity contribution in [3.63, 3.8) is 0 Å². The third-order valence-corrected chi connectivity index (χ3v) is 6.09. The minimum absolute atomic E-state index is 0. The van der Waals surface area contributed by atoms with E-state index in [0.717, 1.165) is 45.4 Å². The Morgan fingerprint density at radius 2 is 1.92 bits per heavy atom. The summed E-state index contributed by atoms with van der Waals surface area (Å²) in [6.07, 6.45) is 6.51. The molecular weight excluding hydrogens is 427 g/mol. The Bertz CT molecular complexity index is 443. The molecule has 3 aliphatic heterocycles. The number of nitrogens with zero attached hydrogens (tertiary/aromatic N) is 3. The van der Waals surface area contributed by atoms with Crippen LogP contribution in [0.1, 0.15) is 52.9 Å². The van der Waals surface area contributed by atoms with Gasteiger partial charge in [-0.3, -0.25) is 9.89 Å². The SMILES string of the molecule is CCNC(=NCC(C)(C)N1CCCCC1)N1CCC2(CCOC2)C1.I. The van der Waals surface area contributed by atoms with Crippen LogP contribution in [0.5, 0.6) is 0 Å². The molecule has 0 aliphatic carbocycles. The first-order valence-electron chi connectivity index (χ1n) is 9.91. The molecule has 6 heteroatoms. The van der Waals surface area contributed by atoms with Gasteiger partial charge in [-0.05, 0) is 59.5 Å². The van der Waals surface area contributed by atoms with Crippen molar-refractivity contribution in [3.05, 3.63) is 0 Å². The molecule has 1 unspecified atom stereocenters. The first kappa shape index (κ1) is 21.2. The molecule has 146 valence electrons. The monoisotopic (exact) mass is 464 g/mol. The third-order valence-electron chi connectivity index (χ3n) is 6.09. The smallest absolute Gasteiger partial charge is 0.194 e. The highest BCUT2D eigenvalue weighted by Crippen LogP contribution is 2.38. The molecule has 1 atom stereocenters. The molecule has 0 aromatic carbocycles. The Morgan fingerprint density at radius 1 is 1.16 bits per heavy atom. The summed E-state index contributed by atoms with van der Waals surface area (Å²) in [6.45, 7) is 15.2. The van der Waals surface area contributed by atoms with Gasteiger partial charge < -0.3 is 15.0 Å². The number of aliphatic imine (C=N–C) groups is 1. The van der Waals surface area contributed by atoms with Crippen molar-refractivity contribution in [1.29, 1.82) is 0 Å². The molecule has 0 aromatic heterocycles. The molecule has 3 aliphatic rings. The van der Waals surface area contributed by atoms with Gasteiger partial charge in [0.05, 0.1) is 13.2 Å². The number of ether oxygens (including phenoxy) is 1. The molecule has 0 saturated carbocycles. The van der Waals surface area contributed by atoms with Crippen molar-refractivity contribution in [2.45, 2.75) is 58.4 Å². The van der Waals surface area contributed by atoms with Crippen LogP contribution in [-0.2, 0) is 4.74 Å². The number of halogens is 1. The predicted molar refractivity (Wildman–Crippen MR) is 115 cm³/mol. The number of rotatable bonds is 4. The van der Waals surface area contributed by atoms with Gasteiger partial charge in [0, 0.05) is 37.2 Å². The number of piperidine rings is 1. The first-order valence-corrected chi connectivity index (χ1v) is 9.91. The van der Waals surface area contributed by atoms with Crippen molar-refractivity contribution < 1.29 is 4.74 Å². The van der Waals surface area contributed by atoms with Crippen molar-refractivity contribution in [1.82, 2.24) is 15.1 Å². The normalized spacial score (nSPS) is 28.4. The molecule has 0 radical (unpaired) electrons. The standard InChI is InChI=1S/C19H36N4O.HI/c1-4-20-17(22-12-8-19(15-22)9-13-24-16-19)21-14-18(2,3)23-10-6-5-7-11-23;/h4-16H2,1-3H3,(H,20,21);1H. The van der Waals surface area contributed by atoms with E-state index in [4.69, 9.17) is 9.73 Å². The van der Waals surface area contributed by atoms with E-state index < -0.39 is 0 Å². The zero-order chi connectivity index (χ0) is 17.0. The van der Waals surface area contributed by atoms with Crippen LogP contribution in [0.3, 0.4) is 0 Å². The van der Waals surface area contributed by atoms with Crippen LogP contribution in [-0.4, -0.2) is 73.8 Å². The zero-order valence-corrected chi connectivity index (χ0v) is 18.7. The van der Waals surface area contributed by atoms with E-state index in [0.29, 0.717) is 5.41 Å². The largest absolute Gasteiger partial charge is 0.381 e.